The molecule has 1 saturated heterocycles. The number of ether oxygens (including phenoxy) is 1. The predicted molar refractivity (Wildman–Crippen MR) is 72.1 cm³/mol. The van der Waals surface area contributed by atoms with Crippen molar-refractivity contribution in [2.45, 2.75) is 19.1 Å². The number of rotatable bonds is 4. The fraction of sp³-hybridized carbons (Fsp3) is 0.429. The van der Waals surface area contributed by atoms with E-state index in [1.54, 1.807) is 6.07 Å². The van der Waals surface area contributed by atoms with Crippen LogP contribution in [0.15, 0.2) is 22.7 Å². The molecule has 1 aromatic heterocycles. The average Bonchev–Trinajstić information content (AvgIpc) is 3.08. The number of halogens is 1. The first-order valence-electron chi connectivity index (χ1n) is 6.72. The lowest BCUT2D eigenvalue weighted by Crippen LogP contribution is -2.21. The van der Waals surface area contributed by atoms with E-state index in [1.165, 1.54) is 19.2 Å². The van der Waals surface area contributed by atoms with Crippen molar-refractivity contribution >= 4 is 0 Å². The smallest absolute Gasteiger partial charge is 0.241 e. The quantitative estimate of drug-likeness (QED) is 0.920. The van der Waals surface area contributed by atoms with Crippen LogP contribution in [0.25, 0.3) is 11.4 Å². The summed E-state index contributed by atoms with van der Waals surface area (Å²) >= 11 is 0. The summed E-state index contributed by atoms with van der Waals surface area (Å²) in [4.78, 5) is 6.30. The van der Waals surface area contributed by atoms with Crippen molar-refractivity contribution in [1.82, 2.24) is 15.0 Å². The maximum absolute atomic E-state index is 13.7. The summed E-state index contributed by atoms with van der Waals surface area (Å²) in [7, 11) is 1.41. The van der Waals surface area contributed by atoms with Gasteiger partial charge in [0.15, 0.2) is 11.6 Å². The van der Waals surface area contributed by atoms with Gasteiger partial charge < -0.3 is 14.4 Å². The summed E-state index contributed by atoms with van der Waals surface area (Å²) in [6.07, 6.45) is 0.466. The molecule has 0 saturated carbocycles. The Morgan fingerprint density at radius 3 is 3.05 bits per heavy atom. The maximum atomic E-state index is 13.7. The Hall–Kier alpha value is -1.99. The van der Waals surface area contributed by atoms with Gasteiger partial charge in [-0.1, -0.05) is 5.16 Å². The van der Waals surface area contributed by atoms with Crippen LogP contribution in [0, 0.1) is 5.82 Å². The SMILES string of the molecule is COc1ccc(-c2noc(CN3CCC(O)C3)n2)cc1F. The number of hydrogen-bond donors (Lipinski definition) is 1. The number of aromatic nitrogens is 2. The average molecular weight is 293 g/mol. The van der Waals surface area contributed by atoms with Crippen molar-refractivity contribution in [2.24, 2.45) is 0 Å². The van der Waals surface area contributed by atoms with Gasteiger partial charge in [-0.25, -0.2) is 4.39 Å². The molecule has 3 rings (SSSR count). The molecule has 112 valence electrons. The highest BCUT2D eigenvalue weighted by molar-refractivity contribution is 5.56. The summed E-state index contributed by atoms with van der Waals surface area (Å²) in [6, 6.07) is 4.51. The molecule has 2 heterocycles. The van der Waals surface area contributed by atoms with Gasteiger partial charge in [0, 0.05) is 18.7 Å². The Morgan fingerprint density at radius 1 is 1.52 bits per heavy atom. The molecule has 7 heteroatoms. The Kier molecular flexibility index (Phi) is 3.85. The first-order valence-corrected chi connectivity index (χ1v) is 6.72. The fourth-order valence-corrected chi connectivity index (χ4v) is 2.39. The maximum Gasteiger partial charge on any atom is 0.241 e. The summed E-state index contributed by atoms with van der Waals surface area (Å²) in [5.74, 6) is 0.499. The molecular weight excluding hydrogens is 277 g/mol. The van der Waals surface area contributed by atoms with Crippen LogP contribution in [0.3, 0.4) is 0 Å². The number of hydrogen-bond acceptors (Lipinski definition) is 6. The first-order chi connectivity index (χ1) is 10.2. The Balaban J connectivity index is 1.74. The van der Waals surface area contributed by atoms with Gasteiger partial charge in [0.05, 0.1) is 19.8 Å². The van der Waals surface area contributed by atoms with E-state index in [0.29, 0.717) is 30.4 Å². The minimum Gasteiger partial charge on any atom is -0.494 e. The molecule has 1 N–H and O–H groups in total. The van der Waals surface area contributed by atoms with Gasteiger partial charge >= 0.3 is 0 Å². The molecule has 1 aliphatic heterocycles. The van der Waals surface area contributed by atoms with Crippen molar-refractivity contribution in [3.63, 3.8) is 0 Å². The van der Waals surface area contributed by atoms with Gasteiger partial charge in [0.25, 0.3) is 0 Å². The molecule has 0 aliphatic carbocycles. The zero-order chi connectivity index (χ0) is 14.8. The molecule has 2 aromatic rings. The third-order valence-electron chi connectivity index (χ3n) is 3.48. The highest BCUT2D eigenvalue weighted by atomic mass is 19.1. The van der Waals surface area contributed by atoms with Crippen molar-refractivity contribution < 1.29 is 18.8 Å². The van der Waals surface area contributed by atoms with E-state index in [2.05, 4.69) is 10.1 Å². The molecule has 0 spiro atoms. The normalized spacial score (nSPS) is 19.1. The molecule has 1 aromatic carbocycles. The van der Waals surface area contributed by atoms with Gasteiger partial charge in [-0.15, -0.1) is 0 Å². The van der Waals surface area contributed by atoms with E-state index in [1.807, 2.05) is 4.90 Å². The molecule has 1 fully saturated rings. The van der Waals surface area contributed by atoms with Crippen LogP contribution in [0.2, 0.25) is 0 Å². The van der Waals surface area contributed by atoms with E-state index in [9.17, 15) is 9.50 Å². The predicted octanol–water partition coefficient (Wildman–Crippen LogP) is 1.45. The number of methoxy groups -OCH3 is 1. The second-order valence-electron chi connectivity index (χ2n) is 5.04. The van der Waals surface area contributed by atoms with Crippen LogP contribution in [-0.2, 0) is 6.54 Å². The van der Waals surface area contributed by atoms with Crippen LogP contribution in [0.1, 0.15) is 12.3 Å². The van der Waals surface area contributed by atoms with Crippen LogP contribution in [0.4, 0.5) is 4.39 Å². The number of β-amino-alcohol motifs (C(OH)–C–C–N with tert-alkyl or cyclic N) is 1. The first kappa shape index (κ1) is 14.0. The van der Waals surface area contributed by atoms with Crippen molar-refractivity contribution in [1.29, 1.82) is 0 Å². The third kappa shape index (κ3) is 3.03. The molecule has 21 heavy (non-hydrogen) atoms. The van der Waals surface area contributed by atoms with E-state index in [4.69, 9.17) is 9.26 Å². The second kappa shape index (κ2) is 5.79. The zero-order valence-electron chi connectivity index (χ0n) is 11.6. The molecule has 6 nitrogen and oxygen atoms in total. The summed E-state index contributed by atoms with van der Waals surface area (Å²) in [5, 5.41) is 13.3. The molecule has 1 aliphatic rings. The van der Waals surface area contributed by atoms with E-state index in [-0.39, 0.29) is 11.9 Å². The lowest BCUT2D eigenvalue weighted by atomic mass is 10.2. The number of likely N-dealkylation sites (tertiary alicyclic amines) is 1. The summed E-state index contributed by atoms with van der Waals surface area (Å²) < 4.78 is 23.7. The van der Waals surface area contributed by atoms with Gasteiger partial charge in [0.2, 0.25) is 11.7 Å². The fourth-order valence-electron chi connectivity index (χ4n) is 2.39. The lowest BCUT2D eigenvalue weighted by Gasteiger charge is -2.10. The highest BCUT2D eigenvalue weighted by Gasteiger charge is 2.22. The summed E-state index contributed by atoms with van der Waals surface area (Å²) in [5.41, 5.74) is 0.532. The number of aliphatic hydroxyl groups excluding tert-OH is 1. The van der Waals surface area contributed by atoms with Gasteiger partial charge in [-0.2, -0.15) is 4.98 Å². The van der Waals surface area contributed by atoms with Crippen molar-refractivity contribution in [3.8, 4) is 17.1 Å². The molecular formula is C14H16FN3O3. The second-order valence-corrected chi connectivity index (χ2v) is 5.04. The minimum absolute atomic E-state index is 0.175. The number of aliphatic hydroxyl groups is 1. The van der Waals surface area contributed by atoms with Crippen molar-refractivity contribution in [2.75, 3.05) is 20.2 Å². The third-order valence-corrected chi connectivity index (χ3v) is 3.48. The van der Waals surface area contributed by atoms with Crippen LogP contribution < -0.4 is 4.74 Å². The molecule has 0 bridgehead atoms. The largest absolute Gasteiger partial charge is 0.494 e. The topological polar surface area (TPSA) is 71.6 Å². The van der Waals surface area contributed by atoms with E-state index < -0.39 is 5.82 Å². The van der Waals surface area contributed by atoms with E-state index >= 15 is 0 Å². The minimum atomic E-state index is -0.469. The van der Waals surface area contributed by atoms with Crippen LogP contribution >= 0.6 is 0 Å². The molecule has 0 amide bonds. The Labute approximate surface area is 121 Å². The molecule has 1 unspecified atom stereocenters. The van der Waals surface area contributed by atoms with Crippen LogP contribution in [0.5, 0.6) is 5.75 Å². The standard InChI is InChI=1S/C14H16FN3O3/c1-20-12-3-2-9(6-11(12)15)14-16-13(21-17-14)8-18-5-4-10(19)7-18/h2-3,6,10,19H,4-5,7-8H2,1H3. The zero-order valence-corrected chi connectivity index (χ0v) is 11.6. The van der Waals surface area contributed by atoms with E-state index in [0.717, 1.165) is 13.0 Å². The Bertz CT molecular complexity index is 632. The highest BCUT2D eigenvalue weighted by Crippen LogP contribution is 2.24. The van der Waals surface area contributed by atoms with Gasteiger partial charge in [-0.3, -0.25) is 4.90 Å². The molecule has 0 radical (unpaired) electrons. The van der Waals surface area contributed by atoms with Gasteiger partial charge in [0.1, 0.15) is 0 Å². The monoisotopic (exact) mass is 293 g/mol. The van der Waals surface area contributed by atoms with Crippen LogP contribution in [-0.4, -0.2) is 46.5 Å². The lowest BCUT2D eigenvalue weighted by molar-refractivity contribution is 0.169. The summed E-state index contributed by atoms with van der Waals surface area (Å²) in [6.45, 7) is 1.90. The molecule has 1 atom stereocenters. The number of nitrogens with zero attached hydrogens (tertiary/aromatic N) is 3. The Morgan fingerprint density at radius 2 is 2.38 bits per heavy atom. The van der Waals surface area contributed by atoms with Gasteiger partial charge in [-0.05, 0) is 24.6 Å². The number of benzene rings is 1. The van der Waals surface area contributed by atoms with Crippen molar-refractivity contribution in [3.05, 3.63) is 29.9 Å².